The highest BCUT2D eigenvalue weighted by Crippen LogP contribution is 1.98. The molecule has 0 radical (unpaired) electrons. The molecule has 0 saturated heterocycles. The average molecular weight is 175 g/mol. The van der Waals surface area contributed by atoms with E-state index in [-0.39, 0.29) is 5.54 Å². The van der Waals surface area contributed by atoms with Gasteiger partial charge in [0.25, 0.3) is 0 Å². The van der Waals surface area contributed by atoms with E-state index in [1.54, 1.807) is 7.11 Å². The number of hydrogen-bond donors (Lipinski definition) is 1. The highest BCUT2D eigenvalue weighted by Gasteiger charge is 2.13. The van der Waals surface area contributed by atoms with Gasteiger partial charge in [0.1, 0.15) is 6.61 Å². The van der Waals surface area contributed by atoms with Crippen molar-refractivity contribution >= 4 is 6.09 Å². The van der Waals surface area contributed by atoms with E-state index in [0.29, 0.717) is 13.2 Å². The molecule has 4 heteroatoms. The first-order valence-corrected chi connectivity index (χ1v) is 3.89. The van der Waals surface area contributed by atoms with Gasteiger partial charge in [0, 0.05) is 12.6 Å². The summed E-state index contributed by atoms with van der Waals surface area (Å²) in [7, 11) is 1.56. The highest BCUT2D eigenvalue weighted by molar-refractivity contribution is 5.67. The Bertz CT molecular complexity index is 140. The van der Waals surface area contributed by atoms with E-state index in [1.165, 1.54) is 0 Å². The van der Waals surface area contributed by atoms with Crippen molar-refractivity contribution in [1.82, 2.24) is 5.32 Å². The van der Waals surface area contributed by atoms with Crippen LogP contribution in [0.4, 0.5) is 4.79 Å². The van der Waals surface area contributed by atoms with Crippen LogP contribution < -0.4 is 5.32 Å². The molecular weight excluding hydrogens is 158 g/mol. The van der Waals surface area contributed by atoms with Crippen molar-refractivity contribution in [2.75, 3.05) is 20.3 Å². The van der Waals surface area contributed by atoms with E-state index in [1.807, 2.05) is 20.8 Å². The minimum atomic E-state index is -0.403. The van der Waals surface area contributed by atoms with Crippen LogP contribution in [-0.4, -0.2) is 32.0 Å². The van der Waals surface area contributed by atoms with Crippen molar-refractivity contribution < 1.29 is 14.3 Å². The third kappa shape index (κ3) is 7.34. The lowest BCUT2D eigenvalue weighted by molar-refractivity contribution is 0.0941. The smallest absolute Gasteiger partial charge is 0.407 e. The number of ether oxygens (including phenoxy) is 2. The largest absolute Gasteiger partial charge is 0.447 e. The van der Waals surface area contributed by atoms with E-state index < -0.39 is 6.09 Å². The number of methoxy groups -OCH3 is 1. The summed E-state index contributed by atoms with van der Waals surface area (Å²) in [5.41, 5.74) is -0.246. The molecule has 1 N–H and O–H groups in total. The van der Waals surface area contributed by atoms with Gasteiger partial charge in [-0.05, 0) is 20.8 Å². The van der Waals surface area contributed by atoms with Gasteiger partial charge in [-0.3, -0.25) is 0 Å². The zero-order valence-electron chi connectivity index (χ0n) is 8.14. The van der Waals surface area contributed by atoms with Crippen LogP contribution in [0, 0.1) is 0 Å². The fourth-order valence-corrected chi connectivity index (χ4v) is 0.560. The monoisotopic (exact) mass is 175 g/mol. The van der Waals surface area contributed by atoms with Gasteiger partial charge < -0.3 is 14.8 Å². The summed E-state index contributed by atoms with van der Waals surface area (Å²) < 4.78 is 9.50. The van der Waals surface area contributed by atoms with Gasteiger partial charge in [-0.15, -0.1) is 0 Å². The van der Waals surface area contributed by atoms with Crippen molar-refractivity contribution in [2.45, 2.75) is 26.3 Å². The third-order valence-corrected chi connectivity index (χ3v) is 0.998. The van der Waals surface area contributed by atoms with Crippen LogP contribution >= 0.6 is 0 Å². The number of hydrogen-bond acceptors (Lipinski definition) is 3. The molecule has 0 atom stereocenters. The normalized spacial score (nSPS) is 11.0. The SMILES string of the molecule is COCCOC(=O)NC(C)(C)C. The lowest BCUT2D eigenvalue weighted by Crippen LogP contribution is -2.41. The van der Waals surface area contributed by atoms with Crippen LogP contribution in [0.15, 0.2) is 0 Å². The Balaban J connectivity index is 3.47. The van der Waals surface area contributed by atoms with Crippen LogP contribution in [0.3, 0.4) is 0 Å². The van der Waals surface area contributed by atoms with E-state index >= 15 is 0 Å². The summed E-state index contributed by atoms with van der Waals surface area (Å²) in [5, 5.41) is 2.66. The molecule has 0 aromatic heterocycles. The Hall–Kier alpha value is -0.770. The summed E-state index contributed by atoms with van der Waals surface area (Å²) in [4.78, 5) is 10.9. The van der Waals surface area contributed by atoms with Crippen LogP contribution in [-0.2, 0) is 9.47 Å². The third-order valence-electron chi connectivity index (χ3n) is 0.998. The molecule has 0 bridgehead atoms. The first-order valence-electron chi connectivity index (χ1n) is 3.89. The van der Waals surface area contributed by atoms with Crippen LogP contribution in [0.2, 0.25) is 0 Å². The standard InChI is InChI=1S/C8H17NO3/c1-8(2,3)9-7(10)12-6-5-11-4/h5-6H2,1-4H3,(H,9,10). The van der Waals surface area contributed by atoms with Crippen molar-refractivity contribution in [3.63, 3.8) is 0 Å². The van der Waals surface area contributed by atoms with Gasteiger partial charge in [0.15, 0.2) is 0 Å². The average Bonchev–Trinajstić information content (AvgIpc) is 1.84. The molecular formula is C8H17NO3. The van der Waals surface area contributed by atoms with Gasteiger partial charge >= 0.3 is 6.09 Å². The second kappa shape index (κ2) is 4.98. The summed E-state index contributed by atoms with van der Waals surface area (Å²) in [5.74, 6) is 0. The predicted octanol–water partition coefficient (Wildman–Crippen LogP) is 1.16. The summed E-state index contributed by atoms with van der Waals surface area (Å²) >= 11 is 0. The lowest BCUT2D eigenvalue weighted by Gasteiger charge is -2.19. The van der Waals surface area contributed by atoms with E-state index in [9.17, 15) is 4.79 Å². The molecule has 0 heterocycles. The maximum atomic E-state index is 10.9. The molecule has 0 aliphatic rings. The summed E-state index contributed by atoms with van der Waals surface area (Å²) in [6, 6.07) is 0. The molecule has 12 heavy (non-hydrogen) atoms. The molecule has 0 unspecified atom stereocenters. The quantitative estimate of drug-likeness (QED) is 0.655. The Morgan fingerprint density at radius 2 is 1.92 bits per heavy atom. The first-order chi connectivity index (χ1) is 5.45. The first kappa shape index (κ1) is 11.2. The van der Waals surface area contributed by atoms with Crippen molar-refractivity contribution in [2.24, 2.45) is 0 Å². The lowest BCUT2D eigenvalue weighted by atomic mass is 10.1. The van der Waals surface area contributed by atoms with E-state index in [0.717, 1.165) is 0 Å². The molecule has 0 aliphatic heterocycles. The number of nitrogens with one attached hydrogen (secondary N) is 1. The minimum absolute atomic E-state index is 0.246. The van der Waals surface area contributed by atoms with Crippen LogP contribution in [0.1, 0.15) is 20.8 Å². The molecule has 0 rings (SSSR count). The molecule has 0 spiro atoms. The van der Waals surface area contributed by atoms with Gasteiger partial charge in [-0.25, -0.2) is 4.79 Å². The number of carbonyl (C=O) groups is 1. The molecule has 0 aromatic carbocycles. The zero-order chi connectivity index (χ0) is 9.61. The maximum Gasteiger partial charge on any atom is 0.407 e. The fourth-order valence-electron chi connectivity index (χ4n) is 0.560. The van der Waals surface area contributed by atoms with Gasteiger partial charge in [-0.1, -0.05) is 0 Å². The van der Waals surface area contributed by atoms with Gasteiger partial charge in [0.2, 0.25) is 0 Å². The fraction of sp³-hybridized carbons (Fsp3) is 0.875. The molecule has 0 saturated carbocycles. The Kier molecular flexibility index (Phi) is 4.66. The predicted molar refractivity (Wildman–Crippen MR) is 46.1 cm³/mol. The van der Waals surface area contributed by atoms with Crippen molar-refractivity contribution in [3.8, 4) is 0 Å². The number of amides is 1. The molecule has 4 nitrogen and oxygen atoms in total. The Morgan fingerprint density at radius 3 is 2.33 bits per heavy atom. The molecule has 0 fully saturated rings. The number of alkyl carbamates (subject to hydrolysis) is 1. The summed E-state index contributed by atoms with van der Waals surface area (Å²) in [6.07, 6.45) is -0.403. The van der Waals surface area contributed by atoms with Crippen molar-refractivity contribution in [1.29, 1.82) is 0 Å². The zero-order valence-corrected chi connectivity index (χ0v) is 8.14. The molecule has 1 amide bonds. The maximum absolute atomic E-state index is 10.9. The topological polar surface area (TPSA) is 47.6 Å². The van der Waals surface area contributed by atoms with Gasteiger partial charge in [-0.2, -0.15) is 0 Å². The number of rotatable bonds is 3. The van der Waals surface area contributed by atoms with E-state index in [4.69, 9.17) is 9.47 Å². The Morgan fingerprint density at radius 1 is 1.33 bits per heavy atom. The Labute approximate surface area is 73.2 Å². The summed E-state index contributed by atoms with van der Waals surface area (Å²) in [6.45, 7) is 6.40. The molecule has 0 aromatic rings. The second-order valence-electron chi connectivity index (χ2n) is 3.50. The van der Waals surface area contributed by atoms with E-state index in [2.05, 4.69) is 5.32 Å². The van der Waals surface area contributed by atoms with Crippen LogP contribution in [0.5, 0.6) is 0 Å². The van der Waals surface area contributed by atoms with Gasteiger partial charge in [0.05, 0.1) is 6.61 Å². The molecule has 72 valence electrons. The molecule has 0 aliphatic carbocycles. The second-order valence-corrected chi connectivity index (χ2v) is 3.50. The van der Waals surface area contributed by atoms with Crippen LogP contribution in [0.25, 0.3) is 0 Å². The minimum Gasteiger partial charge on any atom is -0.447 e. The number of carbonyl (C=O) groups excluding carboxylic acids is 1. The highest BCUT2D eigenvalue weighted by atomic mass is 16.6. The van der Waals surface area contributed by atoms with Crippen molar-refractivity contribution in [3.05, 3.63) is 0 Å².